The van der Waals surface area contributed by atoms with Crippen LogP contribution in [0.4, 0.5) is 10.5 Å². The fourth-order valence-electron chi connectivity index (χ4n) is 2.80. The summed E-state index contributed by atoms with van der Waals surface area (Å²) < 4.78 is 10.7. The van der Waals surface area contributed by atoms with E-state index in [0.717, 1.165) is 19.3 Å². The number of benzene rings is 1. The number of amides is 2. The van der Waals surface area contributed by atoms with Crippen molar-refractivity contribution >= 4 is 17.7 Å². The van der Waals surface area contributed by atoms with Gasteiger partial charge in [-0.25, -0.2) is 4.79 Å². The van der Waals surface area contributed by atoms with Gasteiger partial charge in [-0.2, -0.15) is 0 Å². The van der Waals surface area contributed by atoms with Gasteiger partial charge >= 0.3 is 6.09 Å². The van der Waals surface area contributed by atoms with E-state index in [1.54, 1.807) is 12.1 Å². The fourth-order valence-corrected chi connectivity index (χ4v) is 2.80. The molecule has 1 aromatic rings. The van der Waals surface area contributed by atoms with Gasteiger partial charge in [0.25, 0.3) is 0 Å². The minimum absolute atomic E-state index is 0.0243. The van der Waals surface area contributed by atoms with E-state index >= 15 is 0 Å². The molecule has 6 heteroatoms. The molecule has 6 nitrogen and oxygen atoms in total. The van der Waals surface area contributed by atoms with Crippen LogP contribution < -0.4 is 5.32 Å². The molecule has 1 heterocycles. The van der Waals surface area contributed by atoms with Crippen molar-refractivity contribution in [2.24, 2.45) is 5.92 Å². The van der Waals surface area contributed by atoms with Crippen molar-refractivity contribution in [3.8, 4) is 0 Å². The molecule has 1 saturated carbocycles. The van der Waals surface area contributed by atoms with Crippen molar-refractivity contribution in [3.05, 3.63) is 30.3 Å². The summed E-state index contributed by atoms with van der Waals surface area (Å²) in [6.45, 7) is 0.110. The quantitative estimate of drug-likeness (QED) is 0.926. The van der Waals surface area contributed by atoms with E-state index in [9.17, 15) is 9.59 Å². The maximum atomic E-state index is 12.2. The predicted octanol–water partition coefficient (Wildman–Crippen LogP) is 2.18. The Hall–Kier alpha value is -2.08. The zero-order chi connectivity index (χ0) is 14.7. The van der Waals surface area contributed by atoms with Gasteiger partial charge in [-0.05, 0) is 31.4 Å². The lowest BCUT2D eigenvalue weighted by molar-refractivity contribution is -0.168. The molecule has 1 N–H and O–H groups in total. The fraction of sp³-hybridized carbons (Fsp3) is 0.467. The maximum Gasteiger partial charge on any atom is 0.413 e. The third-order valence-electron chi connectivity index (χ3n) is 3.90. The monoisotopic (exact) mass is 290 g/mol. The summed E-state index contributed by atoms with van der Waals surface area (Å²) in [5.41, 5.74) is 0.652. The molecule has 0 aromatic heterocycles. The van der Waals surface area contributed by atoms with Gasteiger partial charge < -0.3 is 9.47 Å². The number of carbonyl (C=O) groups excluding carboxylic acids is 2. The number of hydrogen-bond donors (Lipinski definition) is 1. The van der Waals surface area contributed by atoms with Crippen molar-refractivity contribution in [1.82, 2.24) is 4.90 Å². The number of nitrogens with one attached hydrogen (secondary N) is 1. The van der Waals surface area contributed by atoms with Crippen LogP contribution in [0.3, 0.4) is 0 Å². The molecule has 0 unspecified atom stereocenters. The molecule has 1 aromatic carbocycles. The molecule has 2 fully saturated rings. The Morgan fingerprint density at radius 2 is 2.14 bits per heavy atom. The third kappa shape index (κ3) is 3.16. The van der Waals surface area contributed by atoms with Crippen LogP contribution >= 0.6 is 0 Å². The second-order valence-electron chi connectivity index (χ2n) is 5.30. The molecule has 2 amide bonds. The van der Waals surface area contributed by atoms with E-state index in [4.69, 9.17) is 9.47 Å². The second-order valence-corrected chi connectivity index (χ2v) is 5.30. The van der Waals surface area contributed by atoms with E-state index in [2.05, 4.69) is 5.32 Å². The molecule has 0 spiro atoms. The number of carbonyl (C=O) groups is 2. The highest BCUT2D eigenvalue weighted by molar-refractivity contribution is 5.85. The Kier molecular flexibility index (Phi) is 4.06. The number of rotatable bonds is 3. The van der Waals surface area contributed by atoms with Crippen LogP contribution in [-0.2, 0) is 14.3 Å². The van der Waals surface area contributed by atoms with Crippen LogP contribution in [-0.4, -0.2) is 36.5 Å². The first kappa shape index (κ1) is 13.9. The lowest BCUT2D eigenvalue weighted by atomic mass is 10.0. The molecular weight excluding hydrogens is 272 g/mol. The maximum absolute atomic E-state index is 12.2. The highest BCUT2D eigenvalue weighted by Crippen LogP contribution is 2.32. The summed E-state index contributed by atoms with van der Waals surface area (Å²) in [5, 5.41) is 2.60. The van der Waals surface area contributed by atoms with Gasteiger partial charge in [-0.1, -0.05) is 18.2 Å². The number of fused-ring (bicyclic) bond motifs is 1. The molecular formula is C15H18N2O4. The first-order valence-corrected chi connectivity index (χ1v) is 7.13. The van der Waals surface area contributed by atoms with Crippen LogP contribution in [0.15, 0.2) is 30.3 Å². The van der Waals surface area contributed by atoms with Gasteiger partial charge in [0.2, 0.25) is 5.91 Å². The molecule has 1 aliphatic carbocycles. The van der Waals surface area contributed by atoms with Crippen LogP contribution in [0.25, 0.3) is 0 Å². The Labute approximate surface area is 123 Å². The minimum atomic E-state index is -0.581. The van der Waals surface area contributed by atoms with Gasteiger partial charge in [0, 0.05) is 5.69 Å². The zero-order valence-corrected chi connectivity index (χ0v) is 11.7. The van der Waals surface area contributed by atoms with Crippen molar-refractivity contribution in [1.29, 1.82) is 0 Å². The first-order chi connectivity index (χ1) is 10.2. The molecule has 0 bridgehead atoms. The van der Waals surface area contributed by atoms with Crippen LogP contribution in [0.5, 0.6) is 0 Å². The van der Waals surface area contributed by atoms with Crippen LogP contribution in [0, 0.1) is 5.92 Å². The van der Waals surface area contributed by atoms with Crippen LogP contribution in [0.2, 0.25) is 0 Å². The number of hydrogen-bond acceptors (Lipinski definition) is 4. The summed E-state index contributed by atoms with van der Waals surface area (Å²) in [4.78, 5) is 25.3. The van der Waals surface area contributed by atoms with Crippen molar-refractivity contribution < 1.29 is 19.1 Å². The molecule has 1 saturated heterocycles. The van der Waals surface area contributed by atoms with Crippen molar-refractivity contribution in [2.75, 3.05) is 18.8 Å². The molecule has 3 rings (SSSR count). The van der Waals surface area contributed by atoms with Gasteiger partial charge in [0.1, 0.15) is 6.73 Å². The summed E-state index contributed by atoms with van der Waals surface area (Å²) in [6.07, 6.45) is 2.29. The Morgan fingerprint density at radius 3 is 2.95 bits per heavy atom. The molecule has 0 radical (unpaired) electrons. The van der Waals surface area contributed by atoms with Crippen molar-refractivity contribution in [3.63, 3.8) is 0 Å². The van der Waals surface area contributed by atoms with E-state index in [1.807, 2.05) is 18.2 Å². The van der Waals surface area contributed by atoms with E-state index in [1.165, 1.54) is 4.90 Å². The third-order valence-corrected chi connectivity index (χ3v) is 3.90. The minimum Gasteiger partial charge on any atom is -0.428 e. The average Bonchev–Trinajstić information content (AvgIpc) is 2.97. The normalized spacial score (nSPS) is 24.6. The summed E-state index contributed by atoms with van der Waals surface area (Å²) >= 11 is 0. The number of para-hydroxylation sites is 1. The van der Waals surface area contributed by atoms with E-state index in [0.29, 0.717) is 5.69 Å². The van der Waals surface area contributed by atoms with Crippen LogP contribution in [0.1, 0.15) is 19.3 Å². The van der Waals surface area contributed by atoms with Crippen molar-refractivity contribution in [2.45, 2.75) is 25.4 Å². The first-order valence-electron chi connectivity index (χ1n) is 7.13. The largest absolute Gasteiger partial charge is 0.428 e. The topological polar surface area (TPSA) is 67.9 Å². The Morgan fingerprint density at radius 1 is 1.33 bits per heavy atom. The van der Waals surface area contributed by atoms with Gasteiger partial charge in [0.05, 0.1) is 12.0 Å². The molecule has 21 heavy (non-hydrogen) atoms. The number of ether oxygens (including phenoxy) is 2. The average molecular weight is 290 g/mol. The zero-order valence-electron chi connectivity index (χ0n) is 11.7. The van der Waals surface area contributed by atoms with Gasteiger partial charge in [-0.15, -0.1) is 0 Å². The van der Waals surface area contributed by atoms with E-state index in [-0.39, 0.29) is 31.4 Å². The smallest absolute Gasteiger partial charge is 0.413 e. The highest BCUT2D eigenvalue weighted by atomic mass is 16.6. The predicted molar refractivity (Wildman–Crippen MR) is 75.3 cm³/mol. The summed E-state index contributed by atoms with van der Waals surface area (Å²) in [5.74, 6) is -0.0456. The summed E-state index contributed by atoms with van der Waals surface area (Å²) in [7, 11) is 0. The number of anilines is 1. The lowest BCUT2D eigenvalue weighted by Gasteiger charge is -2.33. The SMILES string of the molecule is O=C(Nc1ccccc1)OCN1CO[C@H]2CCC[C@H]2C1=O. The van der Waals surface area contributed by atoms with Gasteiger partial charge in [0.15, 0.2) is 6.73 Å². The number of nitrogens with zero attached hydrogens (tertiary/aromatic N) is 1. The Balaban J connectivity index is 1.48. The molecule has 2 atom stereocenters. The second kappa shape index (κ2) is 6.13. The lowest BCUT2D eigenvalue weighted by Crippen LogP contribution is -2.48. The highest BCUT2D eigenvalue weighted by Gasteiger charge is 2.40. The standard InChI is InChI=1S/C15H18N2O4/c18-14-12-7-4-8-13(12)20-9-17(14)10-21-15(19)16-11-5-2-1-3-6-11/h1-3,5-6,12-13H,4,7-10H2,(H,16,19)/t12-,13+/m1/s1. The molecule has 2 aliphatic rings. The van der Waals surface area contributed by atoms with Gasteiger partial charge in [-0.3, -0.25) is 15.0 Å². The molecule has 112 valence electrons. The molecule has 1 aliphatic heterocycles. The van der Waals surface area contributed by atoms with E-state index < -0.39 is 6.09 Å². The summed E-state index contributed by atoms with van der Waals surface area (Å²) in [6, 6.07) is 9.02. The Bertz CT molecular complexity index is 520.